The topological polar surface area (TPSA) is 67.8 Å². The van der Waals surface area contributed by atoms with Crippen LogP contribution in [0.4, 0.5) is 11.4 Å². The summed E-state index contributed by atoms with van der Waals surface area (Å²) < 4.78 is 6.40. The summed E-state index contributed by atoms with van der Waals surface area (Å²) in [6.45, 7) is 6.40. The van der Waals surface area contributed by atoms with Crippen molar-refractivity contribution in [3.8, 4) is 11.5 Å². The van der Waals surface area contributed by atoms with Crippen LogP contribution in [0.2, 0.25) is 0 Å². The van der Waals surface area contributed by atoms with Crippen LogP contribution in [-0.4, -0.2) is 19.3 Å². The van der Waals surface area contributed by atoms with Gasteiger partial charge in [-0.3, -0.25) is 5.01 Å². The zero-order valence-corrected chi connectivity index (χ0v) is 18.6. The van der Waals surface area contributed by atoms with Gasteiger partial charge in [-0.05, 0) is 43.4 Å². The lowest BCUT2D eigenvalue weighted by atomic mass is 10.2. The number of ether oxygens (including phenoxy) is 1. The monoisotopic (exact) mass is 414 g/mol. The lowest BCUT2D eigenvalue weighted by molar-refractivity contribution is 0.469. The van der Waals surface area contributed by atoms with Crippen LogP contribution in [0.3, 0.4) is 0 Å². The number of hydrogen-bond acceptors (Lipinski definition) is 6. The average Bonchev–Trinajstić information content (AvgIpc) is 2.75. The van der Waals surface area contributed by atoms with E-state index in [9.17, 15) is 0 Å². The Labute approximate surface area is 179 Å². The Balaban J connectivity index is 2.57. The van der Waals surface area contributed by atoms with Crippen LogP contribution in [0.1, 0.15) is 39.5 Å². The lowest BCUT2D eigenvalue weighted by Crippen LogP contribution is -2.28. The van der Waals surface area contributed by atoms with E-state index < -0.39 is 0 Å². The van der Waals surface area contributed by atoms with Crippen molar-refractivity contribution < 1.29 is 4.74 Å². The van der Waals surface area contributed by atoms with Crippen molar-refractivity contribution in [2.45, 2.75) is 44.4 Å². The van der Waals surface area contributed by atoms with Crippen LogP contribution in [0.5, 0.6) is 11.5 Å². The third-order valence-corrected chi connectivity index (χ3v) is 5.39. The van der Waals surface area contributed by atoms with E-state index in [1.165, 1.54) is 6.20 Å². The Morgan fingerprint density at radius 3 is 2.24 bits per heavy atom. The number of thioether (sulfide) groups is 1. The van der Waals surface area contributed by atoms with Gasteiger partial charge in [-0.15, -0.1) is 11.8 Å². The third kappa shape index (κ3) is 6.61. The van der Waals surface area contributed by atoms with E-state index in [0.29, 0.717) is 0 Å². The second-order valence-electron chi connectivity index (χ2n) is 6.85. The van der Waals surface area contributed by atoms with E-state index in [1.807, 2.05) is 36.4 Å². The van der Waals surface area contributed by atoms with Gasteiger partial charge in [0.1, 0.15) is 5.75 Å². The van der Waals surface area contributed by atoms with E-state index in [-0.39, 0.29) is 0 Å². The smallest absolute Gasteiger partial charge is 0.164 e. The Morgan fingerprint density at radius 2 is 1.69 bits per heavy atom. The SMILES string of the molecule is CCCCN(CCCC)c1cc(N(N)/C=C\N)cc(SC)c1Oc1ccccc1. The van der Waals surface area contributed by atoms with Gasteiger partial charge in [0.05, 0.1) is 16.3 Å². The zero-order valence-electron chi connectivity index (χ0n) is 17.8. The first-order valence-corrected chi connectivity index (χ1v) is 11.5. The predicted molar refractivity (Wildman–Crippen MR) is 127 cm³/mol. The standard InChI is InChI=1S/C23H34N4OS/c1-4-6-14-26(15-7-5-2)21-17-19(27(25)16-13-24)18-22(29-3)23(21)28-20-11-9-8-10-12-20/h8-13,16-18H,4-7,14-15,24-25H2,1-3H3/b16-13-. The molecule has 4 N–H and O–H groups in total. The molecular weight excluding hydrogens is 380 g/mol. The second kappa shape index (κ2) is 12.3. The summed E-state index contributed by atoms with van der Waals surface area (Å²) >= 11 is 1.65. The maximum absolute atomic E-state index is 6.40. The number of hydrazine groups is 1. The Kier molecular flexibility index (Phi) is 9.74. The minimum absolute atomic E-state index is 0.828. The molecule has 0 radical (unpaired) electrons. The first kappa shape index (κ1) is 23.0. The molecule has 0 aliphatic heterocycles. The lowest BCUT2D eigenvalue weighted by Gasteiger charge is -2.29. The van der Waals surface area contributed by atoms with Crippen molar-refractivity contribution in [1.29, 1.82) is 0 Å². The van der Waals surface area contributed by atoms with Crippen LogP contribution in [-0.2, 0) is 0 Å². The fraction of sp³-hybridized carbons (Fsp3) is 0.391. The number of nitrogens with zero attached hydrogens (tertiary/aromatic N) is 2. The minimum atomic E-state index is 0.828. The largest absolute Gasteiger partial charge is 0.454 e. The van der Waals surface area contributed by atoms with Crippen molar-refractivity contribution in [3.05, 3.63) is 54.9 Å². The van der Waals surface area contributed by atoms with Gasteiger partial charge in [0.25, 0.3) is 0 Å². The molecule has 0 spiro atoms. The third-order valence-electron chi connectivity index (χ3n) is 4.65. The first-order valence-electron chi connectivity index (χ1n) is 10.3. The number of unbranched alkanes of at least 4 members (excludes halogenated alkanes) is 2. The molecule has 158 valence electrons. The summed E-state index contributed by atoms with van der Waals surface area (Å²) in [5.74, 6) is 7.91. The number of nitrogens with two attached hydrogens (primary N) is 2. The molecular formula is C23H34N4OS. The van der Waals surface area contributed by atoms with Gasteiger partial charge in [-0.25, -0.2) is 5.84 Å². The molecule has 2 rings (SSSR count). The Bertz CT molecular complexity index is 759. The van der Waals surface area contributed by atoms with Crippen molar-refractivity contribution in [3.63, 3.8) is 0 Å². The molecule has 0 unspecified atom stereocenters. The molecule has 0 saturated carbocycles. The molecule has 0 atom stereocenters. The van der Waals surface area contributed by atoms with Gasteiger partial charge in [0.2, 0.25) is 0 Å². The number of rotatable bonds is 12. The summed E-state index contributed by atoms with van der Waals surface area (Å²) in [6.07, 6.45) is 9.70. The molecule has 0 amide bonds. The molecule has 0 bridgehead atoms. The number of para-hydroxylation sites is 1. The zero-order chi connectivity index (χ0) is 21.1. The molecule has 5 nitrogen and oxygen atoms in total. The molecule has 6 heteroatoms. The number of hydrogen-bond donors (Lipinski definition) is 2. The highest BCUT2D eigenvalue weighted by atomic mass is 32.2. The van der Waals surface area contributed by atoms with E-state index in [0.717, 1.165) is 66.5 Å². The summed E-state index contributed by atoms with van der Waals surface area (Å²) in [7, 11) is 0. The van der Waals surface area contributed by atoms with Gasteiger partial charge >= 0.3 is 0 Å². The van der Waals surface area contributed by atoms with Crippen LogP contribution in [0.15, 0.2) is 59.8 Å². The van der Waals surface area contributed by atoms with E-state index in [4.69, 9.17) is 16.3 Å². The van der Waals surface area contributed by atoms with Crippen molar-refractivity contribution in [2.24, 2.45) is 11.6 Å². The molecule has 0 aromatic heterocycles. The highest BCUT2D eigenvalue weighted by Gasteiger charge is 2.19. The molecule has 0 fully saturated rings. The number of benzene rings is 2. The quantitative estimate of drug-likeness (QED) is 0.263. The van der Waals surface area contributed by atoms with E-state index in [1.54, 1.807) is 23.0 Å². The minimum Gasteiger partial charge on any atom is -0.454 e. The van der Waals surface area contributed by atoms with Crippen LogP contribution < -0.4 is 26.2 Å². The molecule has 0 aliphatic carbocycles. The van der Waals surface area contributed by atoms with Gasteiger partial charge < -0.3 is 15.4 Å². The molecule has 2 aromatic carbocycles. The van der Waals surface area contributed by atoms with Gasteiger partial charge in [0, 0.05) is 25.5 Å². The van der Waals surface area contributed by atoms with Crippen molar-refractivity contribution in [2.75, 3.05) is 29.3 Å². The molecule has 0 aliphatic rings. The van der Waals surface area contributed by atoms with Gasteiger partial charge in [-0.1, -0.05) is 44.9 Å². The maximum atomic E-state index is 6.40. The summed E-state index contributed by atoms with van der Waals surface area (Å²) in [5, 5.41) is 1.55. The summed E-state index contributed by atoms with van der Waals surface area (Å²) in [5.41, 5.74) is 7.50. The van der Waals surface area contributed by atoms with Crippen LogP contribution in [0.25, 0.3) is 0 Å². The molecule has 29 heavy (non-hydrogen) atoms. The van der Waals surface area contributed by atoms with Gasteiger partial charge in [0.15, 0.2) is 5.75 Å². The highest BCUT2D eigenvalue weighted by Crippen LogP contribution is 2.43. The van der Waals surface area contributed by atoms with E-state index in [2.05, 4.69) is 31.1 Å². The summed E-state index contributed by atoms with van der Waals surface area (Å²) in [6, 6.07) is 14.1. The Morgan fingerprint density at radius 1 is 1.03 bits per heavy atom. The normalized spacial score (nSPS) is 11.0. The predicted octanol–water partition coefficient (Wildman–Crippen LogP) is 5.72. The molecule has 0 saturated heterocycles. The first-order chi connectivity index (χ1) is 14.1. The van der Waals surface area contributed by atoms with Crippen molar-refractivity contribution >= 4 is 23.1 Å². The maximum Gasteiger partial charge on any atom is 0.164 e. The highest BCUT2D eigenvalue weighted by molar-refractivity contribution is 7.98. The Hall–Kier alpha value is -2.31. The van der Waals surface area contributed by atoms with Gasteiger partial charge in [-0.2, -0.15) is 0 Å². The molecule has 0 heterocycles. The fourth-order valence-electron chi connectivity index (χ4n) is 3.05. The van der Waals surface area contributed by atoms with E-state index >= 15 is 0 Å². The van der Waals surface area contributed by atoms with Crippen molar-refractivity contribution in [1.82, 2.24) is 0 Å². The fourth-order valence-corrected chi connectivity index (χ4v) is 3.62. The molecule has 2 aromatic rings. The number of anilines is 2. The average molecular weight is 415 g/mol. The summed E-state index contributed by atoms with van der Waals surface area (Å²) in [4.78, 5) is 3.47. The van der Waals surface area contributed by atoms with Crippen LogP contribution >= 0.6 is 11.8 Å². The van der Waals surface area contributed by atoms with Crippen LogP contribution in [0, 0.1) is 0 Å². The second-order valence-corrected chi connectivity index (χ2v) is 7.70.